The van der Waals surface area contributed by atoms with E-state index in [4.69, 9.17) is 10.5 Å². The summed E-state index contributed by atoms with van der Waals surface area (Å²) in [5.41, 5.74) is 5.51. The van der Waals surface area contributed by atoms with Crippen LogP contribution in [0.25, 0.3) is 10.2 Å². The maximum atomic E-state index is 11.4. The van der Waals surface area contributed by atoms with E-state index in [2.05, 4.69) is 4.98 Å². The van der Waals surface area contributed by atoms with Gasteiger partial charge in [0, 0.05) is 0 Å². The van der Waals surface area contributed by atoms with Crippen molar-refractivity contribution in [2.75, 3.05) is 7.11 Å². The van der Waals surface area contributed by atoms with Crippen LogP contribution in [0.2, 0.25) is 0 Å². The Labute approximate surface area is 103 Å². The second-order valence-corrected chi connectivity index (χ2v) is 5.37. The number of aromatic nitrogens is 1. The zero-order valence-electron chi connectivity index (χ0n) is 9.98. The van der Waals surface area contributed by atoms with Crippen LogP contribution in [0.4, 0.5) is 0 Å². The number of benzene rings is 1. The van der Waals surface area contributed by atoms with Crippen LogP contribution < -0.4 is 10.5 Å². The Hall–Kier alpha value is -1.62. The van der Waals surface area contributed by atoms with E-state index >= 15 is 0 Å². The molecule has 0 saturated heterocycles. The molecule has 1 aromatic heterocycles. The lowest BCUT2D eigenvalue weighted by Gasteiger charge is -2.16. The number of hydrogen-bond donors (Lipinski definition) is 1. The predicted molar refractivity (Wildman–Crippen MR) is 68.4 cm³/mol. The molecule has 0 saturated carbocycles. The van der Waals surface area contributed by atoms with Gasteiger partial charge in [0.15, 0.2) is 0 Å². The van der Waals surface area contributed by atoms with E-state index in [0.717, 1.165) is 21.0 Å². The third-order valence-corrected chi connectivity index (χ3v) is 4.09. The molecule has 1 aromatic carbocycles. The molecule has 2 N–H and O–H groups in total. The highest BCUT2D eigenvalue weighted by atomic mass is 32.1. The molecular weight excluding hydrogens is 236 g/mol. The highest BCUT2D eigenvalue weighted by Crippen LogP contribution is 2.33. The second-order valence-electron chi connectivity index (χ2n) is 4.34. The fourth-order valence-corrected chi connectivity index (χ4v) is 2.51. The van der Waals surface area contributed by atoms with E-state index < -0.39 is 5.41 Å². The molecule has 0 fully saturated rings. The van der Waals surface area contributed by atoms with Crippen molar-refractivity contribution in [3.05, 3.63) is 23.2 Å². The van der Waals surface area contributed by atoms with Crippen LogP contribution in [-0.2, 0) is 10.2 Å². The molecule has 1 heterocycles. The number of carbonyl (C=O) groups excluding carboxylic acids is 1. The van der Waals surface area contributed by atoms with Gasteiger partial charge in [0.2, 0.25) is 5.91 Å². The zero-order valence-corrected chi connectivity index (χ0v) is 10.8. The third-order valence-electron chi connectivity index (χ3n) is 2.75. The van der Waals surface area contributed by atoms with Crippen molar-refractivity contribution in [3.63, 3.8) is 0 Å². The first kappa shape index (κ1) is 11.9. The van der Waals surface area contributed by atoms with Crippen molar-refractivity contribution in [2.24, 2.45) is 5.73 Å². The fourth-order valence-electron chi connectivity index (χ4n) is 1.40. The maximum Gasteiger partial charge on any atom is 0.229 e. The van der Waals surface area contributed by atoms with Crippen LogP contribution in [0, 0.1) is 0 Å². The number of hydrogen-bond acceptors (Lipinski definition) is 4. The minimum absolute atomic E-state index is 0.372. The Morgan fingerprint density at radius 1 is 1.47 bits per heavy atom. The van der Waals surface area contributed by atoms with Gasteiger partial charge in [0.25, 0.3) is 0 Å². The van der Waals surface area contributed by atoms with Crippen LogP contribution >= 0.6 is 11.3 Å². The number of thiazole rings is 1. The van der Waals surface area contributed by atoms with Crippen molar-refractivity contribution in [1.82, 2.24) is 4.98 Å². The lowest BCUT2D eigenvalue weighted by molar-refractivity contribution is -0.122. The number of nitrogens with two attached hydrogens (primary N) is 1. The summed E-state index contributed by atoms with van der Waals surface area (Å²) >= 11 is 1.47. The van der Waals surface area contributed by atoms with Crippen molar-refractivity contribution in [1.29, 1.82) is 0 Å². The van der Waals surface area contributed by atoms with Gasteiger partial charge in [0.05, 0.1) is 22.7 Å². The Morgan fingerprint density at radius 3 is 2.76 bits per heavy atom. The third kappa shape index (κ3) is 1.98. The number of ether oxygens (including phenoxy) is 1. The second kappa shape index (κ2) is 4.00. The lowest BCUT2D eigenvalue weighted by atomic mass is 9.94. The molecule has 1 amide bonds. The zero-order chi connectivity index (χ0) is 12.6. The number of carbonyl (C=O) groups is 1. The van der Waals surface area contributed by atoms with Crippen LogP contribution in [0.15, 0.2) is 18.2 Å². The molecule has 5 heteroatoms. The molecule has 0 atom stereocenters. The van der Waals surface area contributed by atoms with E-state index in [0.29, 0.717) is 0 Å². The van der Waals surface area contributed by atoms with Gasteiger partial charge in [-0.15, -0.1) is 11.3 Å². The standard InChI is InChI=1S/C12H14N2O2S/c1-12(2,10(13)15)11-14-8-5-4-7(16-3)6-9(8)17-11/h4-6H,1-3H3,(H2,13,15). The van der Waals surface area contributed by atoms with E-state index in [1.54, 1.807) is 21.0 Å². The highest BCUT2D eigenvalue weighted by Gasteiger charge is 2.31. The molecule has 90 valence electrons. The number of amides is 1. The van der Waals surface area contributed by atoms with Crippen molar-refractivity contribution in [2.45, 2.75) is 19.3 Å². The molecule has 0 radical (unpaired) electrons. The van der Waals surface area contributed by atoms with Gasteiger partial charge in [-0.3, -0.25) is 4.79 Å². The summed E-state index contributed by atoms with van der Waals surface area (Å²) in [7, 11) is 1.62. The Bertz CT molecular complexity index is 575. The van der Waals surface area contributed by atoms with E-state index in [1.807, 2.05) is 18.2 Å². The van der Waals surface area contributed by atoms with Crippen molar-refractivity contribution in [3.8, 4) is 5.75 Å². The summed E-state index contributed by atoms with van der Waals surface area (Å²) in [6, 6.07) is 5.64. The number of rotatable bonds is 3. The monoisotopic (exact) mass is 250 g/mol. The minimum atomic E-state index is -0.739. The van der Waals surface area contributed by atoms with Gasteiger partial charge < -0.3 is 10.5 Å². The van der Waals surface area contributed by atoms with E-state index in [9.17, 15) is 4.79 Å². The number of nitrogens with zero attached hydrogens (tertiary/aromatic N) is 1. The molecule has 0 bridgehead atoms. The molecule has 0 aliphatic heterocycles. The summed E-state index contributed by atoms with van der Waals surface area (Å²) < 4.78 is 6.15. The number of primary amides is 1. The number of fused-ring (bicyclic) bond motifs is 1. The van der Waals surface area contributed by atoms with Gasteiger partial charge in [-0.25, -0.2) is 4.98 Å². The van der Waals surface area contributed by atoms with Crippen LogP contribution in [-0.4, -0.2) is 18.0 Å². The molecule has 2 aromatic rings. The minimum Gasteiger partial charge on any atom is -0.497 e. The summed E-state index contributed by atoms with van der Waals surface area (Å²) in [5, 5.41) is 0.730. The fraction of sp³-hybridized carbons (Fsp3) is 0.333. The quantitative estimate of drug-likeness (QED) is 0.906. The average Bonchev–Trinajstić information content (AvgIpc) is 2.71. The molecular formula is C12H14N2O2S. The summed E-state index contributed by atoms with van der Waals surface area (Å²) in [4.78, 5) is 15.8. The summed E-state index contributed by atoms with van der Waals surface area (Å²) in [6.45, 7) is 3.56. The summed E-state index contributed by atoms with van der Waals surface area (Å²) in [6.07, 6.45) is 0. The van der Waals surface area contributed by atoms with Gasteiger partial charge in [-0.2, -0.15) is 0 Å². The molecule has 0 unspecified atom stereocenters. The summed E-state index contributed by atoms with van der Waals surface area (Å²) in [5.74, 6) is 0.410. The molecule has 0 aliphatic carbocycles. The van der Waals surface area contributed by atoms with Gasteiger partial charge in [-0.05, 0) is 32.0 Å². The van der Waals surface area contributed by atoms with Crippen LogP contribution in [0.5, 0.6) is 5.75 Å². The first-order chi connectivity index (χ1) is 7.95. The lowest BCUT2D eigenvalue weighted by Crippen LogP contribution is -2.35. The molecule has 2 rings (SSSR count). The first-order valence-electron chi connectivity index (χ1n) is 5.20. The van der Waals surface area contributed by atoms with Crippen molar-refractivity contribution >= 4 is 27.5 Å². The van der Waals surface area contributed by atoms with Crippen molar-refractivity contribution < 1.29 is 9.53 Å². The van der Waals surface area contributed by atoms with Gasteiger partial charge in [0.1, 0.15) is 10.8 Å². The van der Waals surface area contributed by atoms with Crippen LogP contribution in [0.1, 0.15) is 18.9 Å². The smallest absolute Gasteiger partial charge is 0.229 e. The van der Waals surface area contributed by atoms with E-state index in [1.165, 1.54) is 11.3 Å². The largest absolute Gasteiger partial charge is 0.497 e. The Morgan fingerprint density at radius 2 is 2.18 bits per heavy atom. The van der Waals surface area contributed by atoms with Gasteiger partial charge in [-0.1, -0.05) is 0 Å². The Balaban J connectivity index is 2.55. The van der Waals surface area contributed by atoms with Gasteiger partial charge >= 0.3 is 0 Å². The average molecular weight is 250 g/mol. The Kier molecular flexibility index (Phi) is 2.79. The molecule has 0 aliphatic rings. The highest BCUT2D eigenvalue weighted by molar-refractivity contribution is 7.18. The first-order valence-corrected chi connectivity index (χ1v) is 6.02. The number of methoxy groups -OCH3 is 1. The molecule has 4 nitrogen and oxygen atoms in total. The molecule has 17 heavy (non-hydrogen) atoms. The topological polar surface area (TPSA) is 65.2 Å². The van der Waals surface area contributed by atoms with Crippen LogP contribution in [0.3, 0.4) is 0 Å². The predicted octanol–water partition coefficient (Wildman–Crippen LogP) is 2.07. The molecule has 0 spiro atoms. The normalized spacial score (nSPS) is 11.7. The SMILES string of the molecule is COc1ccc2nc(C(C)(C)C(N)=O)sc2c1. The maximum absolute atomic E-state index is 11.4. The van der Waals surface area contributed by atoms with E-state index in [-0.39, 0.29) is 5.91 Å².